The molecule has 0 N–H and O–H groups in total. The zero-order valence-electron chi connectivity index (χ0n) is 16.7. The molecule has 2 aromatic carbocycles. The molecule has 0 saturated heterocycles. The first-order valence-electron chi connectivity index (χ1n) is 10.2. The summed E-state index contributed by atoms with van der Waals surface area (Å²) in [6, 6.07) is 14.7. The predicted octanol–water partition coefficient (Wildman–Crippen LogP) is 3.22. The van der Waals surface area contributed by atoms with Crippen LogP contribution in [0.4, 0.5) is 0 Å². The van der Waals surface area contributed by atoms with Gasteiger partial charge in [-0.05, 0) is 50.2 Å². The highest BCUT2D eigenvalue weighted by molar-refractivity contribution is 6.21. The van der Waals surface area contributed by atoms with Gasteiger partial charge in [-0.2, -0.15) is 0 Å². The Hall–Kier alpha value is -2.86. The molecule has 2 aromatic rings. The number of hydrogen-bond acceptors (Lipinski definition) is 5. The van der Waals surface area contributed by atoms with Gasteiger partial charge in [-0.3, -0.25) is 19.4 Å². The summed E-state index contributed by atoms with van der Waals surface area (Å²) in [5.74, 6) is 1.20. The average molecular weight is 394 g/mol. The Labute approximate surface area is 171 Å². The van der Waals surface area contributed by atoms with E-state index in [1.807, 2.05) is 24.3 Å². The monoisotopic (exact) mass is 394 g/mol. The van der Waals surface area contributed by atoms with Gasteiger partial charge in [-0.25, -0.2) is 0 Å². The molecule has 1 unspecified atom stereocenters. The molecule has 4 rings (SSSR count). The van der Waals surface area contributed by atoms with Gasteiger partial charge in [0.25, 0.3) is 11.8 Å². The van der Waals surface area contributed by atoms with Crippen LogP contribution in [0.2, 0.25) is 0 Å². The SMILES string of the molecule is CCCN(CCCN1C(=O)c2ccccc2C1=O)CC1COc2ccccc2O1. The van der Waals surface area contributed by atoms with Crippen LogP contribution in [-0.2, 0) is 0 Å². The molecule has 0 spiro atoms. The Kier molecular flexibility index (Phi) is 5.81. The van der Waals surface area contributed by atoms with Gasteiger partial charge in [0.1, 0.15) is 12.7 Å². The molecule has 2 aliphatic rings. The van der Waals surface area contributed by atoms with Crippen molar-refractivity contribution in [3.05, 3.63) is 59.7 Å². The van der Waals surface area contributed by atoms with E-state index in [1.165, 1.54) is 4.90 Å². The van der Waals surface area contributed by atoms with Crippen LogP contribution < -0.4 is 9.47 Å². The number of carbonyl (C=O) groups excluding carboxylic acids is 2. The van der Waals surface area contributed by atoms with Crippen LogP contribution in [0.15, 0.2) is 48.5 Å². The molecule has 2 heterocycles. The molecule has 0 bridgehead atoms. The third-order valence-corrected chi connectivity index (χ3v) is 5.30. The van der Waals surface area contributed by atoms with Crippen molar-refractivity contribution in [2.24, 2.45) is 0 Å². The van der Waals surface area contributed by atoms with E-state index in [-0.39, 0.29) is 17.9 Å². The number of amides is 2. The largest absolute Gasteiger partial charge is 0.486 e. The zero-order chi connectivity index (χ0) is 20.2. The highest BCUT2D eigenvalue weighted by atomic mass is 16.6. The Balaban J connectivity index is 1.31. The first-order chi connectivity index (χ1) is 14.2. The lowest BCUT2D eigenvalue weighted by Crippen LogP contribution is -2.42. The van der Waals surface area contributed by atoms with Crippen molar-refractivity contribution in [1.29, 1.82) is 0 Å². The quantitative estimate of drug-likeness (QED) is 0.644. The molecule has 6 heteroatoms. The Morgan fingerprint density at radius 2 is 1.62 bits per heavy atom. The number of rotatable bonds is 8. The van der Waals surface area contributed by atoms with Crippen LogP contribution in [0.5, 0.6) is 11.5 Å². The summed E-state index contributed by atoms with van der Waals surface area (Å²) >= 11 is 0. The van der Waals surface area contributed by atoms with Gasteiger partial charge in [0.2, 0.25) is 0 Å². The average Bonchev–Trinajstić information content (AvgIpc) is 2.99. The van der Waals surface area contributed by atoms with Gasteiger partial charge in [0.05, 0.1) is 11.1 Å². The van der Waals surface area contributed by atoms with Crippen molar-refractivity contribution >= 4 is 11.8 Å². The summed E-state index contributed by atoms with van der Waals surface area (Å²) in [6.45, 7) is 5.58. The lowest BCUT2D eigenvalue weighted by Gasteiger charge is -2.31. The van der Waals surface area contributed by atoms with Crippen molar-refractivity contribution in [1.82, 2.24) is 9.80 Å². The lowest BCUT2D eigenvalue weighted by molar-refractivity contribution is 0.0550. The van der Waals surface area contributed by atoms with Crippen LogP contribution >= 0.6 is 0 Å². The van der Waals surface area contributed by atoms with E-state index in [9.17, 15) is 9.59 Å². The summed E-state index contributed by atoms with van der Waals surface area (Å²) in [7, 11) is 0. The molecular weight excluding hydrogens is 368 g/mol. The second-order valence-electron chi connectivity index (χ2n) is 7.46. The summed E-state index contributed by atoms with van der Waals surface area (Å²) in [5.41, 5.74) is 1.02. The van der Waals surface area contributed by atoms with Crippen molar-refractivity contribution in [2.75, 3.05) is 32.8 Å². The van der Waals surface area contributed by atoms with E-state index < -0.39 is 0 Å². The number of fused-ring (bicyclic) bond motifs is 2. The second-order valence-corrected chi connectivity index (χ2v) is 7.46. The summed E-state index contributed by atoms with van der Waals surface area (Å²) < 4.78 is 11.9. The molecule has 0 radical (unpaired) electrons. The first-order valence-corrected chi connectivity index (χ1v) is 10.2. The van der Waals surface area contributed by atoms with Crippen molar-refractivity contribution in [3.8, 4) is 11.5 Å². The summed E-state index contributed by atoms with van der Waals surface area (Å²) in [4.78, 5) is 28.7. The first kappa shape index (κ1) is 19.5. The van der Waals surface area contributed by atoms with Crippen LogP contribution in [-0.4, -0.2) is 60.5 Å². The number of nitrogens with zero attached hydrogens (tertiary/aromatic N) is 2. The topological polar surface area (TPSA) is 59.1 Å². The molecule has 152 valence electrons. The number of carbonyl (C=O) groups is 2. The maximum Gasteiger partial charge on any atom is 0.261 e. The van der Waals surface area contributed by atoms with Crippen molar-refractivity contribution in [3.63, 3.8) is 0 Å². The standard InChI is InChI=1S/C23H26N2O4/c1-2-12-24(15-17-16-28-20-10-5-6-11-21(20)29-17)13-7-14-25-22(26)18-8-3-4-9-19(18)23(25)27/h3-6,8-11,17H,2,7,12-16H2,1H3. The van der Waals surface area contributed by atoms with Crippen LogP contribution in [0.3, 0.4) is 0 Å². The number of benzene rings is 2. The van der Waals surface area contributed by atoms with E-state index in [1.54, 1.807) is 24.3 Å². The van der Waals surface area contributed by atoms with Gasteiger partial charge in [0, 0.05) is 13.1 Å². The van der Waals surface area contributed by atoms with Crippen LogP contribution in [0.25, 0.3) is 0 Å². The number of hydrogen-bond donors (Lipinski definition) is 0. The Morgan fingerprint density at radius 1 is 0.966 bits per heavy atom. The number of ether oxygens (including phenoxy) is 2. The van der Waals surface area contributed by atoms with E-state index in [0.29, 0.717) is 24.3 Å². The fourth-order valence-corrected chi connectivity index (χ4v) is 3.95. The second kappa shape index (κ2) is 8.66. The predicted molar refractivity (Wildman–Crippen MR) is 110 cm³/mol. The highest BCUT2D eigenvalue weighted by Crippen LogP contribution is 2.31. The van der Waals surface area contributed by atoms with E-state index >= 15 is 0 Å². The van der Waals surface area contributed by atoms with Crippen molar-refractivity contribution in [2.45, 2.75) is 25.9 Å². The molecule has 0 aromatic heterocycles. The third kappa shape index (κ3) is 4.12. The minimum atomic E-state index is -0.187. The zero-order valence-corrected chi connectivity index (χ0v) is 16.7. The molecule has 0 fully saturated rings. The fourth-order valence-electron chi connectivity index (χ4n) is 3.95. The number of imide groups is 1. The molecule has 2 amide bonds. The van der Waals surface area contributed by atoms with E-state index in [2.05, 4.69) is 11.8 Å². The van der Waals surface area contributed by atoms with Gasteiger partial charge in [-0.1, -0.05) is 31.2 Å². The van der Waals surface area contributed by atoms with E-state index in [4.69, 9.17) is 9.47 Å². The molecule has 0 aliphatic carbocycles. The minimum Gasteiger partial charge on any atom is -0.486 e. The van der Waals surface area contributed by atoms with Crippen molar-refractivity contribution < 1.29 is 19.1 Å². The van der Waals surface area contributed by atoms with Gasteiger partial charge in [0.15, 0.2) is 11.5 Å². The summed E-state index contributed by atoms with van der Waals surface area (Å²) in [6.07, 6.45) is 1.73. The maximum absolute atomic E-state index is 12.5. The lowest BCUT2D eigenvalue weighted by atomic mass is 10.1. The Morgan fingerprint density at radius 3 is 2.31 bits per heavy atom. The molecule has 1 atom stereocenters. The van der Waals surface area contributed by atoms with Crippen LogP contribution in [0.1, 0.15) is 40.5 Å². The summed E-state index contributed by atoms with van der Waals surface area (Å²) in [5, 5.41) is 0. The maximum atomic E-state index is 12.5. The fraction of sp³-hybridized carbons (Fsp3) is 0.391. The van der Waals surface area contributed by atoms with Gasteiger partial charge in [-0.15, -0.1) is 0 Å². The molecular formula is C23H26N2O4. The van der Waals surface area contributed by atoms with Gasteiger partial charge >= 0.3 is 0 Å². The van der Waals surface area contributed by atoms with Crippen LogP contribution in [0, 0.1) is 0 Å². The smallest absolute Gasteiger partial charge is 0.261 e. The minimum absolute atomic E-state index is 0.0317. The molecule has 0 saturated carbocycles. The molecule has 6 nitrogen and oxygen atoms in total. The Bertz CT molecular complexity index is 863. The van der Waals surface area contributed by atoms with E-state index in [0.717, 1.165) is 44.0 Å². The van der Waals surface area contributed by atoms with Gasteiger partial charge < -0.3 is 9.47 Å². The number of para-hydroxylation sites is 2. The normalized spacial score (nSPS) is 17.7. The highest BCUT2D eigenvalue weighted by Gasteiger charge is 2.34. The molecule has 29 heavy (non-hydrogen) atoms. The third-order valence-electron chi connectivity index (χ3n) is 5.30. The molecule has 2 aliphatic heterocycles.